The van der Waals surface area contributed by atoms with Crippen LogP contribution in [0.2, 0.25) is 0 Å². The van der Waals surface area contributed by atoms with Crippen LogP contribution in [0.5, 0.6) is 0 Å². The van der Waals surface area contributed by atoms with Crippen LogP contribution < -0.4 is 0 Å². The van der Waals surface area contributed by atoms with Crippen molar-refractivity contribution in [3.8, 4) is 0 Å². The first-order chi connectivity index (χ1) is 2.56. The maximum Gasteiger partial charge on any atom is 0.0567 e. The van der Waals surface area contributed by atoms with E-state index in [1.54, 1.807) is 6.08 Å². The molecule has 0 amide bonds. The third-order valence-electron chi connectivity index (χ3n) is 0.485. The van der Waals surface area contributed by atoms with Crippen molar-refractivity contribution in [2.45, 2.75) is 18.7 Å². The molecular weight excluding hydrogens is 95.5 g/mol. The lowest BCUT2D eigenvalue weighted by molar-refractivity contribution is 0.885. The third kappa shape index (κ3) is 4.03. The Labute approximate surface area is 43.8 Å². The highest BCUT2D eigenvalue weighted by molar-refractivity contribution is 6.24. The summed E-state index contributed by atoms with van der Waals surface area (Å²) in [6, 6.07) is 0. The summed E-state index contributed by atoms with van der Waals surface area (Å²) in [7, 11) is 0. The van der Waals surface area contributed by atoms with Gasteiger partial charge in [0.1, 0.15) is 0 Å². The van der Waals surface area contributed by atoms with E-state index >= 15 is 0 Å². The van der Waals surface area contributed by atoms with Crippen molar-refractivity contribution >= 4 is 11.6 Å². The van der Waals surface area contributed by atoms with Gasteiger partial charge in [0.25, 0.3) is 0 Å². The zero-order chi connectivity index (χ0) is 5.21. The molecule has 0 saturated carbocycles. The normalized spacial score (nSPS) is 11.2. The summed E-state index contributed by atoms with van der Waals surface area (Å²) < 4.78 is 0. The van der Waals surface area contributed by atoms with E-state index in [1.807, 2.05) is 13.8 Å². The van der Waals surface area contributed by atoms with E-state index in [2.05, 4.69) is 6.58 Å². The zero-order valence-corrected chi connectivity index (χ0v) is 4.92. The monoisotopic (exact) mass is 104 g/mol. The Morgan fingerprint density at radius 3 is 1.83 bits per heavy atom. The standard InChI is InChI=1S/C5H9Cl/c1-4-5(2,3)6/h4H,1H2,2-3H3. The van der Waals surface area contributed by atoms with Gasteiger partial charge >= 0.3 is 0 Å². The average Bonchev–Trinajstić information content (AvgIpc) is 1.35. The largest absolute Gasteiger partial charge is 0.115 e. The molecule has 0 nitrogen and oxygen atoms in total. The molecule has 0 N–H and O–H groups in total. The summed E-state index contributed by atoms with van der Waals surface area (Å²) in [5.41, 5.74) is 0. The Bertz CT molecular complexity index is 49.4. The zero-order valence-electron chi connectivity index (χ0n) is 4.16. The number of hydrogen-bond donors (Lipinski definition) is 0. The van der Waals surface area contributed by atoms with Crippen molar-refractivity contribution in [1.82, 2.24) is 0 Å². The van der Waals surface area contributed by atoms with E-state index in [-0.39, 0.29) is 4.87 Å². The van der Waals surface area contributed by atoms with Gasteiger partial charge < -0.3 is 0 Å². The second-order valence-electron chi connectivity index (χ2n) is 1.77. The third-order valence-corrected chi connectivity index (χ3v) is 0.640. The Hall–Kier alpha value is 0.0300. The summed E-state index contributed by atoms with van der Waals surface area (Å²) in [6.45, 7) is 7.28. The molecule has 0 aliphatic heterocycles. The molecule has 0 aromatic rings. The molecule has 0 heterocycles. The van der Waals surface area contributed by atoms with Crippen LogP contribution in [0.15, 0.2) is 12.7 Å². The van der Waals surface area contributed by atoms with Gasteiger partial charge in [-0.2, -0.15) is 0 Å². The Balaban J connectivity index is 3.45. The minimum atomic E-state index is -0.222. The molecule has 0 atom stereocenters. The van der Waals surface area contributed by atoms with Crippen molar-refractivity contribution in [2.75, 3.05) is 0 Å². The molecule has 6 heavy (non-hydrogen) atoms. The lowest BCUT2D eigenvalue weighted by Gasteiger charge is -2.04. The second-order valence-corrected chi connectivity index (χ2v) is 2.74. The minimum absolute atomic E-state index is 0.222. The summed E-state index contributed by atoms with van der Waals surface area (Å²) in [4.78, 5) is -0.222. The van der Waals surface area contributed by atoms with Crippen molar-refractivity contribution in [1.29, 1.82) is 0 Å². The van der Waals surface area contributed by atoms with Gasteiger partial charge in [0.15, 0.2) is 0 Å². The fourth-order valence-corrected chi connectivity index (χ4v) is 0. The molecule has 0 aliphatic rings. The van der Waals surface area contributed by atoms with Crippen molar-refractivity contribution in [2.24, 2.45) is 0 Å². The van der Waals surface area contributed by atoms with Gasteiger partial charge in [-0.05, 0) is 13.8 Å². The fourth-order valence-electron chi connectivity index (χ4n) is 0. The van der Waals surface area contributed by atoms with E-state index in [0.29, 0.717) is 0 Å². The van der Waals surface area contributed by atoms with Crippen LogP contribution in [-0.4, -0.2) is 4.87 Å². The maximum absolute atomic E-state index is 5.60. The second kappa shape index (κ2) is 1.65. The lowest BCUT2D eigenvalue weighted by Crippen LogP contribution is -2.01. The van der Waals surface area contributed by atoms with Crippen molar-refractivity contribution in [3.63, 3.8) is 0 Å². The van der Waals surface area contributed by atoms with Crippen LogP contribution in [0, 0.1) is 0 Å². The molecule has 1 heteroatoms. The highest BCUT2D eigenvalue weighted by Gasteiger charge is 2.03. The number of halogens is 1. The highest BCUT2D eigenvalue weighted by Crippen LogP contribution is 2.11. The van der Waals surface area contributed by atoms with Gasteiger partial charge in [-0.15, -0.1) is 18.2 Å². The van der Waals surface area contributed by atoms with Crippen LogP contribution in [0.3, 0.4) is 0 Å². The minimum Gasteiger partial charge on any atom is -0.115 e. The predicted molar refractivity (Wildman–Crippen MR) is 30.1 cm³/mol. The average molecular weight is 105 g/mol. The van der Waals surface area contributed by atoms with Crippen molar-refractivity contribution in [3.05, 3.63) is 12.7 Å². The topological polar surface area (TPSA) is 0 Å². The van der Waals surface area contributed by atoms with Gasteiger partial charge in [0.05, 0.1) is 4.87 Å². The summed E-state index contributed by atoms with van der Waals surface area (Å²) in [6.07, 6.45) is 1.70. The molecule has 0 aromatic heterocycles. The van der Waals surface area contributed by atoms with Gasteiger partial charge in [-0.3, -0.25) is 0 Å². The molecule has 0 radical (unpaired) electrons. The fraction of sp³-hybridized carbons (Fsp3) is 0.600. The first kappa shape index (κ1) is 6.03. The van der Waals surface area contributed by atoms with Crippen LogP contribution in [0.1, 0.15) is 13.8 Å². The maximum atomic E-state index is 5.60. The molecule has 0 unspecified atom stereocenters. The van der Waals surface area contributed by atoms with E-state index < -0.39 is 0 Å². The smallest absolute Gasteiger partial charge is 0.0567 e. The highest BCUT2D eigenvalue weighted by atomic mass is 35.5. The number of hydrogen-bond acceptors (Lipinski definition) is 0. The van der Waals surface area contributed by atoms with Crippen molar-refractivity contribution < 1.29 is 0 Å². The number of alkyl halides is 1. The first-order valence-corrected chi connectivity index (χ1v) is 2.26. The summed E-state index contributed by atoms with van der Waals surface area (Å²) in [5.74, 6) is 0. The van der Waals surface area contributed by atoms with Crippen LogP contribution >= 0.6 is 11.6 Å². The predicted octanol–water partition coefficient (Wildman–Crippen LogP) is 2.19. The number of allylic oxidation sites excluding steroid dienone is 1. The SMILES string of the molecule is C=CC(C)(C)Cl. The Morgan fingerprint density at radius 1 is 1.67 bits per heavy atom. The van der Waals surface area contributed by atoms with Gasteiger partial charge in [0.2, 0.25) is 0 Å². The number of rotatable bonds is 1. The van der Waals surface area contributed by atoms with E-state index in [9.17, 15) is 0 Å². The molecular formula is C5H9Cl. The lowest BCUT2D eigenvalue weighted by atomic mass is 10.2. The van der Waals surface area contributed by atoms with E-state index in [1.165, 1.54) is 0 Å². The van der Waals surface area contributed by atoms with Gasteiger partial charge in [0, 0.05) is 0 Å². The quantitative estimate of drug-likeness (QED) is 0.353. The van der Waals surface area contributed by atoms with E-state index in [0.717, 1.165) is 0 Å². The van der Waals surface area contributed by atoms with Gasteiger partial charge in [-0.1, -0.05) is 6.08 Å². The summed E-state index contributed by atoms with van der Waals surface area (Å²) in [5, 5.41) is 0. The first-order valence-electron chi connectivity index (χ1n) is 1.89. The Morgan fingerprint density at radius 2 is 1.83 bits per heavy atom. The molecule has 0 saturated heterocycles. The molecule has 0 rings (SSSR count). The van der Waals surface area contributed by atoms with E-state index in [4.69, 9.17) is 11.6 Å². The van der Waals surface area contributed by atoms with Crippen LogP contribution in [-0.2, 0) is 0 Å². The molecule has 0 aromatic carbocycles. The van der Waals surface area contributed by atoms with Crippen LogP contribution in [0.4, 0.5) is 0 Å². The molecule has 36 valence electrons. The Kier molecular flexibility index (Phi) is 1.66. The van der Waals surface area contributed by atoms with Crippen LogP contribution in [0.25, 0.3) is 0 Å². The molecule has 0 spiro atoms. The molecule has 0 bridgehead atoms. The molecule has 0 fully saturated rings. The van der Waals surface area contributed by atoms with Gasteiger partial charge in [-0.25, -0.2) is 0 Å². The summed E-state index contributed by atoms with van der Waals surface area (Å²) >= 11 is 5.60. The molecule has 0 aliphatic carbocycles.